The lowest BCUT2D eigenvalue weighted by Crippen LogP contribution is -2.63. The number of halogens is 8. The maximum Gasteiger partial charge on any atom is 0.449 e. The second kappa shape index (κ2) is 26.5. The lowest BCUT2D eigenvalue weighted by Gasteiger charge is -2.35. The van der Waals surface area contributed by atoms with Gasteiger partial charge in [-0.25, -0.2) is 14.4 Å². The summed E-state index contributed by atoms with van der Waals surface area (Å²) in [6, 6.07) is 30.0. The highest BCUT2D eigenvalue weighted by molar-refractivity contribution is 5.86. The number of hydrogen-bond donors (Lipinski definition) is 3. The van der Waals surface area contributed by atoms with Crippen LogP contribution in [-0.2, 0) is 38.1 Å². The first-order valence-electron chi connectivity index (χ1n) is 26.6. The molecule has 2 aliphatic heterocycles. The maximum absolute atomic E-state index is 14.3. The molecule has 2 heterocycles. The molecule has 0 amide bonds. The third-order valence-corrected chi connectivity index (χ3v) is 14.4. The van der Waals surface area contributed by atoms with Crippen LogP contribution in [0.2, 0.25) is 0 Å². The SMILES string of the molecule is CCC(C)c1ccc(OCC(=O)OC2(C)COC(C)(O)C2)cc1.CCC(C)c1ccc2cc(OCC(=O)OC3(C)COC(O)(C(F)(F)F)C3(F)F)ccc2c1.CCC(C)c1ccc2cc(OCC(=O)OCC(C)(O)C(F)(F)F)ccc2c1. The minimum Gasteiger partial charge on any atom is -0.482 e. The van der Waals surface area contributed by atoms with Crippen LogP contribution in [0.1, 0.15) is 129 Å². The number of rotatable bonds is 19. The number of esters is 3. The first-order valence-corrected chi connectivity index (χ1v) is 26.6. The fraction of sp³-hybridized carbons (Fsp3) is 0.517. The molecule has 2 aliphatic rings. The third kappa shape index (κ3) is 16.7. The van der Waals surface area contributed by atoms with Crippen LogP contribution in [0.3, 0.4) is 0 Å². The Balaban J connectivity index is 0.000000229. The summed E-state index contributed by atoms with van der Waals surface area (Å²) in [6.45, 7) is 13.3. The van der Waals surface area contributed by atoms with E-state index >= 15 is 0 Å². The van der Waals surface area contributed by atoms with Crippen molar-refractivity contribution in [3.8, 4) is 17.2 Å². The smallest absolute Gasteiger partial charge is 0.449 e. The molecule has 5 aromatic carbocycles. The maximum atomic E-state index is 14.3. The highest BCUT2D eigenvalue weighted by Gasteiger charge is 2.82. The standard InChI is InChI=1S/C22H23F5O5.C20H23F3O4.C18H26O5/c1-4-13(2)14-5-6-16-10-17(8-7-15(16)9-14)30-11-18(28)32-19(3)12-31-21(29,20(19,23)24)22(25,26)27;1-4-13(2)14-5-6-16-10-17(8-7-15(16)9-14)26-11-18(24)27-12-19(3,25)20(21,22)23;1-5-13(2)14-6-8-15(9-7-14)21-10-16(19)23-17(3)11-18(4,20)22-12-17/h5-10,13,29H,4,11-12H2,1-3H3;5-10,13,25H,4,11-12H2,1-3H3;6-9,13,20H,5,10-12H2,1-4H3. The minimum atomic E-state index is -5.79. The minimum absolute atomic E-state index is 0.166. The van der Waals surface area contributed by atoms with Gasteiger partial charge in [-0.05, 0) is 139 Å². The first kappa shape index (κ1) is 66.5. The number of alkyl halides is 8. The van der Waals surface area contributed by atoms with Crippen LogP contribution in [-0.4, -0.2) is 120 Å². The predicted octanol–water partition coefficient (Wildman–Crippen LogP) is 12.5. The lowest BCUT2D eigenvalue weighted by molar-refractivity contribution is -0.409. The topological polar surface area (TPSA) is 186 Å². The van der Waals surface area contributed by atoms with Gasteiger partial charge in [0.2, 0.25) is 5.60 Å². The predicted molar refractivity (Wildman–Crippen MR) is 287 cm³/mol. The van der Waals surface area contributed by atoms with Crippen molar-refractivity contribution in [2.75, 3.05) is 39.6 Å². The van der Waals surface area contributed by atoms with Gasteiger partial charge in [-0.1, -0.05) is 102 Å². The molecule has 3 N–H and O–H groups in total. The number of benzene rings is 5. The van der Waals surface area contributed by atoms with E-state index in [0.717, 1.165) is 40.8 Å². The Morgan fingerprint density at radius 1 is 0.573 bits per heavy atom. The molecule has 7 rings (SSSR count). The molecule has 2 fully saturated rings. The molecule has 82 heavy (non-hydrogen) atoms. The second-order valence-corrected chi connectivity index (χ2v) is 21.6. The number of carbonyl (C=O) groups is 3. The molecule has 0 bridgehead atoms. The molecule has 0 saturated carbocycles. The molecule has 0 aliphatic carbocycles. The zero-order valence-electron chi connectivity index (χ0n) is 47.4. The third-order valence-electron chi connectivity index (χ3n) is 14.4. The molecule has 0 aromatic heterocycles. The zero-order valence-corrected chi connectivity index (χ0v) is 47.4. The van der Waals surface area contributed by atoms with Crippen molar-refractivity contribution in [1.29, 1.82) is 0 Å². The summed E-state index contributed by atoms with van der Waals surface area (Å²) < 4.78 is 144. The fourth-order valence-electron chi connectivity index (χ4n) is 8.54. The van der Waals surface area contributed by atoms with Gasteiger partial charge in [-0.15, -0.1) is 0 Å². The van der Waals surface area contributed by atoms with Crippen LogP contribution in [0, 0.1) is 0 Å². The van der Waals surface area contributed by atoms with Gasteiger partial charge in [0.25, 0.3) is 0 Å². The first-order chi connectivity index (χ1) is 38.0. The summed E-state index contributed by atoms with van der Waals surface area (Å²) in [5, 5.41) is 32.1. The molecule has 0 radical (unpaired) electrons. The molecule has 8 unspecified atom stereocenters. The van der Waals surface area contributed by atoms with E-state index in [1.807, 2.05) is 60.7 Å². The quantitative estimate of drug-likeness (QED) is 0.0403. The van der Waals surface area contributed by atoms with E-state index in [1.165, 1.54) is 16.7 Å². The van der Waals surface area contributed by atoms with Crippen LogP contribution in [0.15, 0.2) is 97.1 Å². The molecule has 2 saturated heterocycles. The van der Waals surface area contributed by atoms with Crippen molar-refractivity contribution in [2.24, 2.45) is 0 Å². The fourth-order valence-corrected chi connectivity index (χ4v) is 8.54. The molecule has 8 atom stereocenters. The van der Waals surface area contributed by atoms with Crippen molar-refractivity contribution in [3.63, 3.8) is 0 Å². The van der Waals surface area contributed by atoms with Crippen molar-refractivity contribution in [1.82, 2.24) is 0 Å². The van der Waals surface area contributed by atoms with Crippen molar-refractivity contribution < 1.29 is 103 Å². The van der Waals surface area contributed by atoms with E-state index in [0.29, 0.717) is 43.1 Å². The van der Waals surface area contributed by atoms with Gasteiger partial charge < -0.3 is 53.2 Å². The van der Waals surface area contributed by atoms with Crippen molar-refractivity contribution in [3.05, 3.63) is 114 Å². The monoisotopic (exact) mass is 1170 g/mol. The van der Waals surface area contributed by atoms with Gasteiger partial charge in [-0.2, -0.15) is 35.1 Å². The summed E-state index contributed by atoms with van der Waals surface area (Å²) in [5.41, 5.74) is -3.29. The molecule has 5 aromatic rings. The average Bonchev–Trinajstić information content (AvgIpc) is 3.81. The summed E-state index contributed by atoms with van der Waals surface area (Å²) in [4.78, 5) is 35.5. The van der Waals surface area contributed by atoms with Crippen LogP contribution in [0.25, 0.3) is 21.5 Å². The highest BCUT2D eigenvalue weighted by Crippen LogP contribution is 2.54. The molecule has 0 spiro atoms. The van der Waals surface area contributed by atoms with E-state index < -0.39 is 91.0 Å². The summed E-state index contributed by atoms with van der Waals surface area (Å²) >= 11 is 0. The van der Waals surface area contributed by atoms with Crippen LogP contribution in [0.5, 0.6) is 17.2 Å². The van der Waals surface area contributed by atoms with Gasteiger partial charge >= 0.3 is 42.0 Å². The number of ether oxygens (including phenoxy) is 8. The molecular weight excluding hydrogens is 1100 g/mol. The number of fused-ring (bicyclic) bond motifs is 2. The second-order valence-electron chi connectivity index (χ2n) is 21.6. The number of carbonyl (C=O) groups excluding carboxylic acids is 3. The van der Waals surface area contributed by atoms with E-state index in [4.69, 9.17) is 23.7 Å². The highest BCUT2D eigenvalue weighted by atomic mass is 19.4. The normalized spacial score (nSPS) is 23.2. The zero-order chi connectivity index (χ0) is 61.3. The van der Waals surface area contributed by atoms with E-state index in [9.17, 15) is 64.8 Å². The number of hydrogen-bond acceptors (Lipinski definition) is 14. The Morgan fingerprint density at radius 2 is 0.976 bits per heavy atom. The van der Waals surface area contributed by atoms with Gasteiger partial charge in [0.1, 0.15) is 29.5 Å². The van der Waals surface area contributed by atoms with Gasteiger partial charge in [-0.3, -0.25) is 0 Å². The molecule has 22 heteroatoms. The Hall–Kier alpha value is -6.33. The summed E-state index contributed by atoms with van der Waals surface area (Å²) in [6.07, 6.45) is -7.34. The van der Waals surface area contributed by atoms with Gasteiger partial charge in [0.15, 0.2) is 31.2 Å². The molecule has 452 valence electrons. The van der Waals surface area contributed by atoms with Crippen molar-refractivity contribution in [2.45, 2.75) is 159 Å². The average molecular weight is 1170 g/mol. The van der Waals surface area contributed by atoms with E-state index in [1.54, 1.807) is 44.2 Å². The Labute approximate surface area is 470 Å². The molecule has 14 nitrogen and oxygen atoms in total. The van der Waals surface area contributed by atoms with Crippen LogP contribution in [0.4, 0.5) is 35.1 Å². The van der Waals surface area contributed by atoms with Gasteiger partial charge in [0, 0.05) is 6.42 Å². The Bertz CT molecular complexity index is 2970. The lowest BCUT2D eigenvalue weighted by atomic mass is 9.94. The van der Waals surface area contributed by atoms with E-state index in [2.05, 4.69) is 61.8 Å². The summed E-state index contributed by atoms with van der Waals surface area (Å²) in [7, 11) is 0. The summed E-state index contributed by atoms with van der Waals surface area (Å²) in [5.74, 6) is -11.1. The van der Waals surface area contributed by atoms with Gasteiger partial charge in [0.05, 0.1) is 13.2 Å². The van der Waals surface area contributed by atoms with Crippen LogP contribution >= 0.6 is 0 Å². The number of aliphatic hydroxyl groups is 3. The van der Waals surface area contributed by atoms with Crippen molar-refractivity contribution >= 4 is 39.5 Å². The Kier molecular flexibility index (Phi) is 21.5. The van der Waals surface area contributed by atoms with E-state index in [-0.39, 0.29) is 25.4 Å². The Morgan fingerprint density at radius 3 is 1.40 bits per heavy atom. The largest absolute Gasteiger partial charge is 0.482 e. The molecular formula is C60H72F8O14. The van der Waals surface area contributed by atoms with Crippen LogP contribution < -0.4 is 14.2 Å².